The van der Waals surface area contributed by atoms with E-state index in [-0.39, 0.29) is 6.54 Å². The van der Waals surface area contributed by atoms with Crippen LogP contribution >= 0.6 is 0 Å². The van der Waals surface area contributed by atoms with Crippen molar-refractivity contribution in [2.75, 3.05) is 11.4 Å². The molecule has 74 valence electrons. The van der Waals surface area contributed by atoms with Crippen molar-refractivity contribution < 1.29 is 14.7 Å². The molecular formula is C9H10N2O3. The summed E-state index contributed by atoms with van der Waals surface area (Å²) in [7, 11) is 0. The summed E-state index contributed by atoms with van der Waals surface area (Å²) in [6.45, 7) is 1.36. The van der Waals surface area contributed by atoms with Gasteiger partial charge in [-0.1, -0.05) is 0 Å². The third-order valence-corrected chi connectivity index (χ3v) is 1.72. The highest BCUT2D eigenvalue weighted by molar-refractivity contribution is 5.85. The average molecular weight is 194 g/mol. The minimum absolute atomic E-state index is 0.351. The van der Waals surface area contributed by atoms with Crippen molar-refractivity contribution in [1.82, 2.24) is 4.98 Å². The molecule has 0 fully saturated rings. The fourth-order valence-electron chi connectivity index (χ4n) is 1.10. The molecule has 1 heterocycles. The Morgan fingerprint density at radius 3 is 2.93 bits per heavy atom. The molecule has 1 aromatic heterocycles. The molecule has 0 unspecified atom stereocenters. The Labute approximate surface area is 81.0 Å². The lowest BCUT2D eigenvalue weighted by atomic mass is 10.3. The topological polar surface area (TPSA) is 70.5 Å². The lowest BCUT2D eigenvalue weighted by Gasteiger charge is -2.15. The van der Waals surface area contributed by atoms with Gasteiger partial charge in [0.2, 0.25) is 6.41 Å². The van der Waals surface area contributed by atoms with Crippen LogP contribution in [0.5, 0.6) is 0 Å². The lowest BCUT2D eigenvalue weighted by molar-refractivity contribution is -0.136. The first kappa shape index (κ1) is 10.2. The summed E-state index contributed by atoms with van der Waals surface area (Å²) in [6.07, 6.45) is 2.07. The van der Waals surface area contributed by atoms with E-state index in [1.165, 1.54) is 0 Å². The number of anilines is 1. The number of aromatic nitrogens is 1. The number of carboxylic acid groups (broad SMARTS) is 1. The van der Waals surface area contributed by atoms with Gasteiger partial charge in [0.05, 0.1) is 11.4 Å². The summed E-state index contributed by atoms with van der Waals surface area (Å²) in [5, 5.41) is 8.55. The zero-order chi connectivity index (χ0) is 10.6. The predicted octanol–water partition coefficient (Wildman–Crippen LogP) is 0.437. The molecule has 0 saturated carbocycles. The smallest absolute Gasteiger partial charge is 0.323 e. The van der Waals surface area contributed by atoms with Gasteiger partial charge in [0.1, 0.15) is 6.54 Å². The number of aryl methyl sites for hydroxylation is 1. The Hall–Kier alpha value is -1.91. The van der Waals surface area contributed by atoms with Gasteiger partial charge < -0.3 is 10.0 Å². The number of hydrogen-bond donors (Lipinski definition) is 1. The zero-order valence-corrected chi connectivity index (χ0v) is 7.67. The van der Waals surface area contributed by atoms with E-state index in [0.29, 0.717) is 17.8 Å². The Bertz CT molecular complexity index is 352. The molecule has 0 radical (unpaired) electrons. The molecular weight excluding hydrogens is 184 g/mol. The van der Waals surface area contributed by atoms with E-state index in [0.717, 1.165) is 4.90 Å². The molecule has 1 aromatic rings. The van der Waals surface area contributed by atoms with E-state index in [1.807, 2.05) is 0 Å². The van der Waals surface area contributed by atoms with Crippen LogP contribution < -0.4 is 4.90 Å². The zero-order valence-electron chi connectivity index (χ0n) is 7.67. The first-order valence-corrected chi connectivity index (χ1v) is 4.00. The fraction of sp³-hybridized carbons (Fsp3) is 0.222. The Balaban J connectivity index is 2.94. The number of amides is 1. The maximum absolute atomic E-state index is 10.6. The number of carbonyl (C=O) groups excluding carboxylic acids is 1. The van der Waals surface area contributed by atoms with Crippen LogP contribution in [-0.4, -0.2) is 29.0 Å². The van der Waals surface area contributed by atoms with E-state index in [9.17, 15) is 9.59 Å². The first-order chi connectivity index (χ1) is 6.65. The molecule has 0 aromatic carbocycles. The maximum atomic E-state index is 10.6. The summed E-state index contributed by atoms with van der Waals surface area (Å²) >= 11 is 0. The highest BCUT2D eigenvalue weighted by Crippen LogP contribution is 2.14. The molecule has 0 spiro atoms. The van der Waals surface area contributed by atoms with Crippen molar-refractivity contribution in [2.45, 2.75) is 6.92 Å². The minimum atomic E-state index is -1.06. The first-order valence-electron chi connectivity index (χ1n) is 4.00. The average Bonchev–Trinajstić information content (AvgIpc) is 2.15. The molecule has 0 aliphatic heterocycles. The molecule has 0 bridgehead atoms. The quantitative estimate of drug-likeness (QED) is 0.706. The van der Waals surface area contributed by atoms with Crippen molar-refractivity contribution in [1.29, 1.82) is 0 Å². The molecule has 0 aliphatic carbocycles. The minimum Gasteiger partial charge on any atom is -0.480 e. The van der Waals surface area contributed by atoms with Crippen molar-refractivity contribution in [3.63, 3.8) is 0 Å². The number of hydrogen-bond acceptors (Lipinski definition) is 3. The van der Waals surface area contributed by atoms with Crippen LogP contribution in [0.25, 0.3) is 0 Å². The van der Waals surface area contributed by atoms with Gasteiger partial charge in [0.15, 0.2) is 0 Å². The van der Waals surface area contributed by atoms with Crippen molar-refractivity contribution in [3.05, 3.63) is 24.0 Å². The normalized spacial score (nSPS) is 9.50. The monoisotopic (exact) mass is 194 g/mol. The third kappa shape index (κ3) is 2.29. The van der Waals surface area contributed by atoms with Crippen LogP contribution in [0.15, 0.2) is 18.3 Å². The van der Waals surface area contributed by atoms with Gasteiger partial charge in [0, 0.05) is 6.20 Å². The number of carbonyl (C=O) groups is 2. The van der Waals surface area contributed by atoms with Gasteiger partial charge in [-0.05, 0) is 19.1 Å². The number of aliphatic carboxylic acids is 1. The fourth-order valence-corrected chi connectivity index (χ4v) is 1.10. The summed E-state index contributed by atoms with van der Waals surface area (Å²) < 4.78 is 0. The van der Waals surface area contributed by atoms with E-state index < -0.39 is 5.97 Å². The van der Waals surface area contributed by atoms with Gasteiger partial charge in [-0.25, -0.2) is 0 Å². The SMILES string of the molecule is Cc1ncccc1N(C=O)CC(=O)O. The second-order valence-corrected chi connectivity index (χ2v) is 2.73. The van der Waals surface area contributed by atoms with Crippen molar-refractivity contribution in [3.8, 4) is 0 Å². The summed E-state index contributed by atoms with van der Waals surface area (Å²) in [6, 6.07) is 3.31. The molecule has 1 amide bonds. The number of carboxylic acids is 1. The largest absolute Gasteiger partial charge is 0.480 e. The molecule has 5 nitrogen and oxygen atoms in total. The predicted molar refractivity (Wildman–Crippen MR) is 50.0 cm³/mol. The standard InChI is InChI=1S/C9H10N2O3/c1-7-8(3-2-4-10-7)11(6-12)5-9(13)14/h2-4,6H,5H2,1H3,(H,13,14). The van der Waals surface area contributed by atoms with Crippen LogP contribution in [0.3, 0.4) is 0 Å². The molecule has 14 heavy (non-hydrogen) atoms. The van der Waals surface area contributed by atoms with Gasteiger partial charge in [-0.15, -0.1) is 0 Å². The van der Waals surface area contributed by atoms with Crippen LogP contribution in [0.4, 0.5) is 5.69 Å². The Morgan fingerprint density at radius 1 is 1.71 bits per heavy atom. The van der Waals surface area contributed by atoms with Crippen LogP contribution in [0, 0.1) is 6.92 Å². The molecule has 1 N–H and O–H groups in total. The highest BCUT2D eigenvalue weighted by Gasteiger charge is 2.11. The third-order valence-electron chi connectivity index (χ3n) is 1.72. The summed E-state index contributed by atoms with van der Waals surface area (Å²) in [4.78, 5) is 26.1. The van der Waals surface area contributed by atoms with E-state index >= 15 is 0 Å². The molecule has 5 heteroatoms. The number of pyridine rings is 1. The van der Waals surface area contributed by atoms with E-state index in [1.54, 1.807) is 25.3 Å². The summed E-state index contributed by atoms with van der Waals surface area (Å²) in [5.41, 5.74) is 1.14. The Kier molecular flexibility index (Phi) is 3.17. The Morgan fingerprint density at radius 2 is 2.43 bits per heavy atom. The maximum Gasteiger partial charge on any atom is 0.323 e. The molecule has 0 saturated heterocycles. The highest BCUT2D eigenvalue weighted by atomic mass is 16.4. The molecule has 0 aliphatic rings. The van der Waals surface area contributed by atoms with Gasteiger partial charge in [0.25, 0.3) is 0 Å². The van der Waals surface area contributed by atoms with E-state index in [2.05, 4.69) is 4.98 Å². The van der Waals surface area contributed by atoms with Crippen LogP contribution in [0.2, 0.25) is 0 Å². The van der Waals surface area contributed by atoms with E-state index in [4.69, 9.17) is 5.11 Å². The van der Waals surface area contributed by atoms with Crippen LogP contribution in [0.1, 0.15) is 5.69 Å². The summed E-state index contributed by atoms with van der Waals surface area (Å²) in [5.74, 6) is -1.06. The lowest BCUT2D eigenvalue weighted by Crippen LogP contribution is -2.28. The van der Waals surface area contributed by atoms with Gasteiger partial charge in [-0.2, -0.15) is 0 Å². The van der Waals surface area contributed by atoms with Gasteiger partial charge in [-0.3, -0.25) is 14.6 Å². The van der Waals surface area contributed by atoms with Crippen molar-refractivity contribution >= 4 is 18.1 Å². The van der Waals surface area contributed by atoms with Gasteiger partial charge >= 0.3 is 5.97 Å². The number of rotatable bonds is 4. The van der Waals surface area contributed by atoms with Crippen LogP contribution in [-0.2, 0) is 9.59 Å². The second kappa shape index (κ2) is 4.36. The number of nitrogens with zero attached hydrogens (tertiary/aromatic N) is 2. The molecule has 1 rings (SSSR count). The second-order valence-electron chi connectivity index (χ2n) is 2.73. The molecule has 0 atom stereocenters. The van der Waals surface area contributed by atoms with Crippen molar-refractivity contribution in [2.24, 2.45) is 0 Å².